The fourth-order valence-corrected chi connectivity index (χ4v) is 4.10. The van der Waals surface area contributed by atoms with E-state index in [1.807, 2.05) is 7.05 Å². The molecule has 1 unspecified atom stereocenters. The number of guanidine groups is 1. The van der Waals surface area contributed by atoms with Crippen LogP contribution in [0.3, 0.4) is 0 Å². The highest BCUT2D eigenvalue weighted by molar-refractivity contribution is 5.80. The summed E-state index contributed by atoms with van der Waals surface area (Å²) in [7, 11) is 6.34. The number of likely N-dealkylation sites (N-methyl/N-ethyl adjacent to an activating group) is 2. The zero-order valence-electron chi connectivity index (χ0n) is 17.7. The van der Waals surface area contributed by atoms with Crippen LogP contribution in [0.2, 0.25) is 0 Å². The van der Waals surface area contributed by atoms with E-state index < -0.39 is 0 Å². The van der Waals surface area contributed by atoms with Gasteiger partial charge < -0.3 is 20.0 Å². The maximum absolute atomic E-state index is 4.55. The van der Waals surface area contributed by atoms with Gasteiger partial charge in [0.15, 0.2) is 5.96 Å². The summed E-state index contributed by atoms with van der Waals surface area (Å²) in [5.41, 5.74) is 4.15. The quantitative estimate of drug-likeness (QED) is 0.638. The SMILES string of the molecule is CN=C(NCC1CN(C)CCN1C)N1CCN(c2cccc(C)c2C)CC1. The third kappa shape index (κ3) is 4.74. The van der Waals surface area contributed by atoms with Crippen LogP contribution in [0.4, 0.5) is 5.69 Å². The summed E-state index contributed by atoms with van der Waals surface area (Å²) in [6.07, 6.45) is 0. The second-order valence-corrected chi connectivity index (χ2v) is 8.02. The molecule has 6 heteroatoms. The van der Waals surface area contributed by atoms with Crippen molar-refractivity contribution in [3.63, 3.8) is 0 Å². The monoisotopic (exact) mass is 372 g/mol. The van der Waals surface area contributed by atoms with Gasteiger partial charge in [0.05, 0.1) is 0 Å². The van der Waals surface area contributed by atoms with Crippen LogP contribution < -0.4 is 10.2 Å². The molecule has 1 atom stereocenters. The Morgan fingerprint density at radius 1 is 1.07 bits per heavy atom. The van der Waals surface area contributed by atoms with Crippen LogP contribution in [0.25, 0.3) is 0 Å². The van der Waals surface area contributed by atoms with E-state index in [9.17, 15) is 0 Å². The first-order chi connectivity index (χ1) is 13.0. The Kier molecular flexibility index (Phi) is 6.60. The first-order valence-corrected chi connectivity index (χ1v) is 10.1. The average Bonchev–Trinajstić information content (AvgIpc) is 2.67. The molecule has 1 aromatic carbocycles. The summed E-state index contributed by atoms with van der Waals surface area (Å²) in [5.74, 6) is 1.04. The van der Waals surface area contributed by atoms with Crippen molar-refractivity contribution in [2.24, 2.45) is 4.99 Å². The topological polar surface area (TPSA) is 37.4 Å². The van der Waals surface area contributed by atoms with E-state index >= 15 is 0 Å². The van der Waals surface area contributed by atoms with Gasteiger partial charge in [-0.2, -0.15) is 0 Å². The fourth-order valence-electron chi connectivity index (χ4n) is 4.10. The van der Waals surface area contributed by atoms with Crippen molar-refractivity contribution in [3.8, 4) is 0 Å². The molecule has 0 bridgehead atoms. The van der Waals surface area contributed by atoms with Crippen molar-refractivity contribution in [2.75, 3.05) is 78.4 Å². The number of nitrogens with one attached hydrogen (secondary N) is 1. The van der Waals surface area contributed by atoms with Crippen LogP contribution >= 0.6 is 0 Å². The third-order valence-corrected chi connectivity index (χ3v) is 6.18. The summed E-state index contributed by atoms with van der Waals surface area (Å²) in [4.78, 5) is 14.3. The minimum atomic E-state index is 0.539. The van der Waals surface area contributed by atoms with Crippen molar-refractivity contribution < 1.29 is 0 Å². The molecule has 3 rings (SSSR count). The Labute approximate surface area is 164 Å². The summed E-state index contributed by atoms with van der Waals surface area (Å²) in [5, 5.41) is 3.62. The summed E-state index contributed by atoms with van der Waals surface area (Å²) in [6.45, 7) is 12.9. The number of hydrogen-bond donors (Lipinski definition) is 1. The van der Waals surface area contributed by atoms with Crippen molar-refractivity contribution in [1.82, 2.24) is 20.0 Å². The van der Waals surface area contributed by atoms with Crippen LogP contribution in [-0.4, -0.2) is 100 Å². The molecule has 27 heavy (non-hydrogen) atoms. The molecule has 0 saturated carbocycles. The van der Waals surface area contributed by atoms with E-state index in [0.717, 1.165) is 58.3 Å². The highest BCUT2D eigenvalue weighted by atomic mass is 15.4. The Hall–Kier alpha value is -1.79. The lowest BCUT2D eigenvalue weighted by atomic mass is 10.1. The molecule has 0 aromatic heterocycles. The lowest BCUT2D eigenvalue weighted by Crippen LogP contribution is -2.57. The second kappa shape index (κ2) is 8.93. The van der Waals surface area contributed by atoms with Crippen LogP contribution in [0, 0.1) is 13.8 Å². The maximum Gasteiger partial charge on any atom is 0.193 e. The molecule has 150 valence electrons. The fraction of sp³-hybridized carbons (Fsp3) is 0.667. The first-order valence-electron chi connectivity index (χ1n) is 10.1. The van der Waals surface area contributed by atoms with Crippen molar-refractivity contribution in [3.05, 3.63) is 29.3 Å². The molecular weight excluding hydrogens is 336 g/mol. The predicted molar refractivity (Wildman–Crippen MR) is 115 cm³/mol. The van der Waals surface area contributed by atoms with E-state index in [-0.39, 0.29) is 0 Å². The zero-order chi connectivity index (χ0) is 19.4. The molecule has 2 aliphatic heterocycles. The zero-order valence-corrected chi connectivity index (χ0v) is 17.7. The minimum Gasteiger partial charge on any atom is -0.368 e. The van der Waals surface area contributed by atoms with E-state index in [2.05, 4.69) is 76.1 Å². The molecule has 1 N–H and O–H groups in total. The molecule has 0 amide bonds. The normalized spacial score (nSPS) is 23.0. The highest BCUT2D eigenvalue weighted by Gasteiger charge is 2.24. The first kappa shape index (κ1) is 20.0. The molecule has 1 aromatic rings. The third-order valence-electron chi connectivity index (χ3n) is 6.18. The van der Waals surface area contributed by atoms with Gasteiger partial charge in [0.2, 0.25) is 0 Å². The van der Waals surface area contributed by atoms with Gasteiger partial charge >= 0.3 is 0 Å². The number of piperazine rings is 2. The smallest absolute Gasteiger partial charge is 0.193 e. The average molecular weight is 373 g/mol. The molecule has 0 spiro atoms. The minimum absolute atomic E-state index is 0.539. The van der Waals surface area contributed by atoms with Crippen LogP contribution in [0.5, 0.6) is 0 Å². The molecular formula is C21H36N6. The predicted octanol–water partition coefficient (Wildman–Crippen LogP) is 1.25. The number of nitrogens with zero attached hydrogens (tertiary/aromatic N) is 5. The maximum atomic E-state index is 4.55. The van der Waals surface area contributed by atoms with Gasteiger partial charge in [-0.25, -0.2) is 0 Å². The molecule has 2 heterocycles. The molecule has 6 nitrogen and oxygen atoms in total. The highest BCUT2D eigenvalue weighted by Crippen LogP contribution is 2.23. The Bertz CT molecular complexity index is 650. The van der Waals surface area contributed by atoms with E-state index in [4.69, 9.17) is 0 Å². The number of aliphatic imine (C=N–C) groups is 1. The van der Waals surface area contributed by atoms with Gasteiger partial charge in [-0.05, 0) is 45.1 Å². The summed E-state index contributed by atoms with van der Waals surface area (Å²) in [6, 6.07) is 7.15. The lowest BCUT2D eigenvalue weighted by Gasteiger charge is -2.40. The summed E-state index contributed by atoms with van der Waals surface area (Å²) < 4.78 is 0. The van der Waals surface area contributed by atoms with E-state index in [1.54, 1.807) is 0 Å². The second-order valence-electron chi connectivity index (χ2n) is 8.02. The van der Waals surface area contributed by atoms with Gasteiger partial charge in [-0.1, -0.05) is 12.1 Å². The number of benzene rings is 1. The van der Waals surface area contributed by atoms with Crippen molar-refractivity contribution in [1.29, 1.82) is 0 Å². The summed E-state index contributed by atoms with van der Waals surface area (Å²) >= 11 is 0. The molecule has 2 fully saturated rings. The van der Waals surface area contributed by atoms with Gasteiger partial charge in [0, 0.05) is 71.1 Å². The van der Waals surface area contributed by atoms with E-state index in [1.165, 1.54) is 16.8 Å². The molecule has 0 aliphatic carbocycles. The van der Waals surface area contributed by atoms with E-state index in [0.29, 0.717) is 6.04 Å². The largest absolute Gasteiger partial charge is 0.368 e. The number of rotatable bonds is 3. The van der Waals surface area contributed by atoms with Gasteiger partial charge in [-0.15, -0.1) is 0 Å². The van der Waals surface area contributed by atoms with Gasteiger partial charge in [-0.3, -0.25) is 9.89 Å². The van der Waals surface area contributed by atoms with Crippen LogP contribution in [0.1, 0.15) is 11.1 Å². The molecule has 2 aliphatic rings. The molecule has 0 radical (unpaired) electrons. The Morgan fingerprint density at radius 3 is 2.52 bits per heavy atom. The Balaban J connectivity index is 1.53. The van der Waals surface area contributed by atoms with Crippen LogP contribution in [0.15, 0.2) is 23.2 Å². The number of aryl methyl sites for hydroxylation is 1. The molecule has 2 saturated heterocycles. The lowest BCUT2D eigenvalue weighted by molar-refractivity contribution is 0.116. The van der Waals surface area contributed by atoms with Gasteiger partial charge in [0.25, 0.3) is 0 Å². The standard InChI is InChI=1S/C21H36N6/c1-17-7-6-8-20(18(17)2)26-11-13-27(14-12-26)21(22-3)23-15-19-16-24(4)9-10-25(19)5/h6-8,19H,9-16H2,1-5H3,(H,22,23). The van der Waals surface area contributed by atoms with Crippen molar-refractivity contribution >= 4 is 11.6 Å². The van der Waals surface area contributed by atoms with Gasteiger partial charge in [0.1, 0.15) is 0 Å². The number of hydrogen-bond acceptors (Lipinski definition) is 4. The Morgan fingerprint density at radius 2 is 1.81 bits per heavy atom. The number of anilines is 1. The van der Waals surface area contributed by atoms with Crippen LogP contribution in [-0.2, 0) is 0 Å². The van der Waals surface area contributed by atoms with Crippen molar-refractivity contribution in [2.45, 2.75) is 19.9 Å².